The number of hydrogen-bond donors (Lipinski definition) is 1. The fraction of sp³-hybridized carbons (Fsp3) is 0.389. The molecule has 0 saturated heterocycles. The third-order valence-electron chi connectivity index (χ3n) is 3.94. The molecule has 1 aromatic carbocycles. The Kier molecular flexibility index (Phi) is 5.49. The second-order valence-corrected chi connectivity index (χ2v) is 7.78. The third-order valence-corrected chi connectivity index (χ3v) is 5.10. The van der Waals surface area contributed by atoms with Crippen molar-refractivity contribution in [2.75, 3.05) is 5.75 Å². The molecule has 0 aliphatic heterocycles. The zero-order valence-corrected chi connectivity index (χ0v) is 16.1. The number of imidazole rings is 1. The number of fused-ring (bicyclic) bond motifs is 1. The van der Waals surface area contributed by atoms with Crippen molar-refractivity contribution >= 4 is 34.5 Å². The van der Waals surface area contributed by atoms with Gasteiger partial charge in [0.15, 0.2) is 16.3 Å². The standard InChI is InChI=1S/C18H21ClN4OS/c1-4-23-15(12-5-7-13(19)8-6-12)20-14-16(23)21-18(22-17(14)24)25-10-9-11(2)3/h5-8,11H,4,9-10H2,1-3H3,(H,21,22,24). The molecule has 0 amide bonds. The van der Waals surface area contributed by atoms with Crippen molar-refractivity contribution in [3.05, 3.63) is 39.6 Å². The lowest BCUT2D eigenvalue weighted by Crippen LogP contribution is -2.10. The molecule has 0 spiro atoms. The van der Waals surface area contributed by atoms with E-state index in [1.165, 1.54) is 0 Å². The molecule has 0 saturated carbocycles. The van der Waals surface area contributed by atoms with Crippen molar-refractivity contribution in [3.8, 4) is 11.4 Å². The minimum absolute atomic E-state index is 0.195. The Morgan fingerprint density at radius 3 is 2.60 bits per heavy atom. The number of nitrogens with one attached hydrogen (secondary N) is 1. The van der Waals surface area contributed by atoms with Gasteiger partial charge in [-0.1, -0.05) is 37.2 Å². The molecule has 0 atom stereocenters. The van der Waals surface area contributed by atoms with Gasteiger partial charge in [-0.05, 0) is 43.5 Å². The summed E-state index contributed by atoms with van der Waals surface area (Å²) in [6.45, 7) is 7.07. The SMILES string of the molecule is CCn1c(-c2ccc(Cl)cc2)nc2c(=O)[nH]c(SCCC(C)C)nc21. The van der Waals surface area contributed by atoms with Gasteiger partial charge in [0.25, 0.3) is 5.56 Å². The van der Waals surface area contributed by atoms with Gasteiger partial charge in [-0.15, -0.1) is 0 Å². The topological polar surface area (TPSA) is 63.6 Å². The first kappa shape index (κ1) is 18.0. The van der Waals surface area contributed by atoms with Crippen molar-refractivity contribution in [2.24, 2.45) is 5.92 Å². The summed E-state index contributed by atoms with van der Waals surface area (Å²) in [4.78, 5) is 24.5. The minimum Gasteiger partial charge on any atom is -0.309 e. The Hall–Kier alpha value is -1.79. The number of hydrogen-bond acceptors (Lipinski definition) is 4. The van der Waals surface area contributed by atoms with E-state index in [0.717, 1.165) is 23.6 Å². The lowest BCUT2D eigenvalue weighted by atomic mass is 10.2. The lowest BCUT2D eigenvalue weighted by molar-refractivity contribution is 0.631. The van der Waals surface area contributed by atoms with E-state index in [9.17, 15) is 4.79 Å². The lowest BCUT2D eigenvalue weighted by Gasteiger charge is -2.07. The molecule has 0 bridgehead atoms. The second kappa shape index (κ2) is 7.62. The number of aryl methyl sites for hydroxylation is 1. The Morgan fingerprint density at radius 1 is 1.24 bits per heavy atom. The van der Waals surface area contributed by atoms with Crippen molar-refractivity contribution in [3.63, 3.8) is 0 Å². The van der Waals surface area contributed by atoms with Crippen LogP contribution in [0, 0.1) is 5.92 Å². The molecular formula is C18H21ClN4OS. The minimum atomic E-state index is -0.195. The van der Waals surface area contributed by atoms with Crippen molar-refractivity contribution in [1.82, 2.24) is 19.5 Å². The molecule has 0 aliphatic rings. The average Bonchev–Trinajstić information content (AvgIpc) is 2.94. The summed E-state index contributed by atoms with van der Waals surface area (Å²) >= 11 is 7.55. The number of rotatable bonds is 6. The highest BCUT2D eigenvalue weighted by molar-refractivity contribution is 7.99. The van der Waals surface area contributed by atoms with Gasteiger partial charge < -0.3 is 4.57 Å². The normalized spacial score (nSPS) is 11.6. The van der Waals surface area contributed by atoms with Crippen LogP contribution in [0.25, 0.3) is 22.6 Å². The molecule has 5 nitrogen and oxygen atoms in total. The zero-order chi connectivity index (χ0) is 18.0. The highest BCUT2D eigenvalue weighted by Crippen LogP contribution is 2.25. The summed E-state index contributed by atoms with van der Waals surface area (Å²) in [5.74, 6) is 2.29. The zero-order valence-electron chi connectivity index (χ0n) is 14.5. The van der Waals surface area contributed by atoms with Gasteiger partial charge in [0.1, 0.15) is 5.82 Å². The second-order valence-electron chi connectivity index (χ2n) is 6.26. The largest absolute Gasteiger partial charge is 0.309 e. The molecule has 7 heteroatoms. The van der Waals surface area contributed by atoms with Crippen LogP contribution < -0.4 is 5.56 Å². The van der Waals surface area contributed by atoms with Crippen LogP contribution in [0.5, 0.6) is 0 Å². The molecule has 2 heterocycles. The molecule has 1 N–H and O–H groups in total. The Bertz CT molecular complexity index is 931. The maximum Gasteiger partial charge on any atom is 0.279 e. The van der Waals surface area contributed by atoms with Gasteiger partial charge in [-0.25, -0.2) is 9.97 Å². The number of aromatic nitrogens is 4. The number of thioether (sulfide) groups is 1. The van der Waals surface area contributed by atoms with Gasteiger partial charge in [0.2, 0.25) is 0 Å². The predicted octanol–water partition coefficient (Wildman–Crippen LogP) is 4.60. The molecule has 3 aromatic rings. The van der Waals surface area contributed by atoms with Gasteiger partial charge in [0.05, 0.1) is 0 Å². The summed E-state index contributed by atoms with van der Waals surface area (Å²) in [5, 5.41) is 1.32. The fourth-order valence-electron chi connectivity index (χ4n) is 2.57. The van der Waals surface area contributed by atoms with Gasteiger partial charge >= 0.3 is 0 Å². The van der Waals surface area contributed by atoms with Crippen LogP contribution in [0.1, 0.15) is 27.2 Å². The number of nitrogens with zero attached hydrogens (tertiary/aromatic N) is 3. The maximum atomic E-state index is 12.5. The van der Waals surface area contributed by atoms with E-state index in [1.54, 1.807) is 11.8 Å². The molecule has 0 aliphatic carbocycles. The first-order chi connectivity index (χ1) is 12.0. The fourth-order valence-corrected chi connectivity index (χ4v) is 3.79. The van der Waals surface area contributed by atoms with Crippen LogP contribution in [0.3, 0.4) is 0 Å². The maximum absolute atomic E-state index is 12.5. The average molecular weight is 377 g/mol. The Balaban J connectivity index is 2.05. The van der Waals surface area contributed by atoms with E-state index in [2.05, 4.69) is 28.8 Å². The highest BCUT2D eigenvalue weighted by Gasteiger charge is 2.16. The van der Waals surface area contributed by atoms with E-state index in [0.29, 0.717) is 33.8 Å². The summed E-state index contributed by atoms with van der Waals surface area (Å²) < 4.78 is 1.97. The molecule has 0 fully saturated rings. The predicted molar refractivity (Wildman–Crippen MR) is 104 cm³/mol. The summed E-state index contributed by atoms with van der Waals surface area (Å²) in [7, 11) is 0. The number of benzene rings is 1. The first-order valence-electron chi connectivity index (χ1n) is 8.39. The molecular weight excluding hydrogens is 356 g/mol. The van der Waals surface area contributed by atoms with Gasteiger partial charge in [-0.2, -0.15) is 0 Å². The van der Waals surface area contributed by atoms with Crippen LogP contribution in [-0.4, -0.2) is 25.3 Å². The first-order valence-corrected chi connectivity index (χ1v) is 9.75. The van der Waals surface area contributed by atoms with Gasteiger partial charge in [0, 0.05) is 22.9 Å². The van der Waals surface area contributed by atoms with Crippen LogP contribution in [0.4, 0.5) is 0 Å². The van der Waals surface area contributed by atoms with Crippen molar-refractivity contribution in [1.29, 1.82) is 0 Å². The molecule has 0 radical (unpaired) electrons. The number of halogens is 1. The van der Waals surface area contributed by atoms with Crippen LogP contribution in [-0.2, 0) is 6.54 Å². The molecule has 0 unspecified atom stereocenters. The smallest absolute Gasteiger partial charge is 0.279 e. The molecule has 132 valence electrons. The van der Waals surface area contributed by atoms with E-state index in [-0.39, 0.29) is 5.56 Å². The quantitative estimate of drug-likeness (QED) is 0.504. The van der Waals surface area contributed by atoms with E-state index in [1.807, 2.05) is 35.8 Å². The molecule has 25 heavy (non-hydrogen) atoms. The highest BCUT2D eigenvalue weighted by atomic mass is 35.5. The van der Waals surface area contributed by atoms with Gasteiger partial charge in [-0.3, -0.25) is 9.78 Å². The van der Waals surface area contributed by atoms with Crippen molar-refractivity contribution in [2.45, 2.75) is 38.9 Å². The number of H-pyrrole nitrogens is 1. The Morgan fingerprint density at radius 2 is 1.96 bits per heavy atom. The van der Waals surface area contributed by atoms with Crippen LogP contribution in [0.2, 0.25) is 5.02 Å². The molecule has 3 rings (SSSR count). The molecule has 2 aromatic heterocycles. The third kappa shape index (κ3) is 3.90. The van der Waals surface area contributed by atoms with Crippen LogP contribution in [0.15, 0.2) is 34.2 Å². The summed E-state index contributed by atoms with van der Waals surface area (Å²) in [5.41, 5.74) is 1.72. The summed E-state index contributed by atoms with van der Waals surface area (Å²) in [6.07, 6.45) is 1.08. The van der Waals surface area contributed by atoms with E-state index in [4.69, 9.17) is 11.6 Å². The van der Waals surface area contributed by atoms with Crippen molar-refractivity contribution < 1.29 is 0 Å². The van der Waals surface area contributed by atoms with Crippen LogP contribution >= 0.6 is 23.4 Å². The monoisotopic (exact) mass is 376 g/mol. The number of aromatic amines is 1. The Labute approximate surface area is 155 Å². The van der Waals surface area contributed by atoms with E-state index >= 15 is 0 Å². The summed E-state index contributed by atoms with van der Waals surface area (Å²) in [6, 6.07) is 7.45. The van der Waals surface area contributed by atoms with E-state index < -0.39 is 0 Å².